The first kappa shape index (κ1) is 20.8. The van der Waals surface area contributed by atoms with E-state index in [4.69, 9.17) is 14.0 Å². The van der Waals surface area contributed by atoms with Crippen LogP contribution in [0.3, 0.4) is 0 Å². The molecule has 0 aliphatic heterocycles. The highest BCUT2D eigenvalue weighted by molar-refractivity contribution is 7.87. The van der Waals surface area contributed by atoms with E-state index in [1.54, 1.807) is 19.1 Å². The zero-order valence-corrected chi connectivity index (χ0v) is 16.3. The Morgan fingerprint density at radius 2 is 1.67 bits per heavy atom. The number of ether oxygens (including phenoxy) is 1. The van der Waals surface area contributed by atoms with E-state index in [2.05, 4.69) is 6.92 Å². The van der Waals surface area contributed by atoms with E-state index in [1.165, 1.54) is 30.7 Å². The molecule has 7 heteroatoms. The predicted molar refractivity (Wildman–Crippen MR) is 102 cm³/mol. The molecule has 0 heterocycles. The summed E-state index contributed by atoms with van der Waals surface area (Å²) in [5.41, 5.74) is 0.397. The Kier molecular flexibility index (Phi) is 7.24. The second kappa shape index (κ2) is 9.41. The second-order valence-electron chi connectivity index (χ2n) is 6.20. The summed E-state index contributed by atoms with van der Waals surface area (Å²) in [6.45, 7) is 4.36. The minimum Gasteiger partial charge on any atom is -0.494 e. The lowest BCUT2D eigenvalue weighted by molar-refractivity contribution is 0.0696. The molecule has 1 N–H and O–H groups in total. The maximum atomic E-state index is 12.4. The number of aromatic carboxylic acids is 1. The van der Waals surface area contributed by atoms with Crippen molar-refractivity contribution in [3.05, 3.63) is 53.6 Å². The minimum atomic E-state index is -4.13. The first-order valence-electron chi connectivity index (χ1n) is 8.85. The van der Waals surface area contributed by atoms with Crippen LogP contribution in [0, 0.1) is 6.92 Å². The Labute approximate surface area is 159 Å². The number of rotatable bonds is 10. The van der Waals surface area contributed by atoms with Gasteiger partial charge in [-0.05, 0) is 55.3 Å². The summed E-state index contributed by atoms with van der Waals surface area (Å²) >= 11 is 0. The van der Waals surface area contributed by atoms with Gasteiger partial charge in [-0.2, -0.15) is 8.42 Å². The Balaban J connectivity index is 2.03. The topological polar surface area (TPSA) is 89.9 Å². The fourth-order valence-electron chi connectivity index (χ4n) is 2.47. The van der Waals surface area contributed by atoms with Gasteiger partial charge in [0.15, 0.2) is 0 Å². The van der Waals surface area contributed by atoms with Gasteiger partial charge >= 0.3 is 16.1 Å². The van der Waals surface area contributed by atoms with Gasteiger partial charge in [0.2, 0.25) is 0 Å². The van der Waals surface area contributed by atoms with Gasteiger partial charge in [-0.3, -0.25) is 0 Å². The van der Waals surface area contributed by atoms with Crippen LogP contribution in [0.25, 0.3) is 0 Å². The average molecular weight is 392 g/mol. The van der Waals surface area contributed by atoms with Gasteiger partial charge in [-0.15, -0.1) is 0 Å². The summed E-state index contributed by atoms with van der Waals surface area (Å²) < 4.78 is 35.5. The van der Waals surface area contributed by atoms with Crippen molar-refractivity contribution in [1.82, 2.24) is 0 Å². The molecule has 0 unspecified atom stereocenters. The Hall–Kier alpha value is -2.54. The van der Waals surface area contributed by atoms with Gasteiger partial charge in [0, 0.05) is 0 Å². The molecule has 2 rings (SSSR count). The lowest BCUT2D eigenvalue weighted by atomic mass is 10.1. The average Bonchev–Trinajstić information content (AvgIpc) is 2.62. The molecule has 0 amide bonds. The molecule has 146 valence electrons. The number of hydrogen-bond acceptors (Lipinski definition) is 5. The molecule has 0 aliphatic carbocycles. The molecule has 0 saturated heterocycles. The van der Waals surface area contributed by atoms with Crippen molar-refractivity contribution in [2.75, 3.05) is 6.61 Å². The highest BCUT2D eigenvalue weighted by Gasteiger charge is 2.20. The quantitative estimate of drug-likeness (QED) is 0.475. The minimum absolute atomic E-state index is 0.0773. The van der Waals surface area contributed by atoms with E-state index in [-0.39, 0.29) is 16.2 Å². The smallest absolute Gasteiger partial charge is 0.339 e. The number of aryl methyl sites for hydroxylation is 1. The molecule has 0 radical (unpaired) electrons. The highest BCUT2D eigenvalue weighted by atomic mass is 32.2. The van der Waals surface area contributed by atoms with Crippen LogP contribution in [0.15, 0.2) is 47.4 Å². The van der Waals surface area contributed by atoms with Gasteiger partial charge in [-0.1, -0.05) is 32.3 Å². The SMILES string of the molecule is CCCCCCOc1ccc(OS(=O)(=O)c2ccc(C)c(C(=O)O)c2)cc1. The second-order valence-corrected chi connectivity index (χ2v) is 7.75. The Bertz CT molecular complexity index is 872. The third-order valence-corrected chi connectivity index (χ3v) is 5.27. The molecule has 0 fully saturated rings. The first-order chi connectivity index (χ1) is 12.8. The van der Waals surface area contributed by atoms with Gasteiger partial charge < -0.3 is 14.0 Å². The molecule has 0 aliphatic rings. The lowest BCUT2D eigenvalue weighted by Gasteiger charge is -2.10. The molecule has 0 atom stereocenters. The molecular weight excluding hydrogens is 368 g/mol. The number of benzene rings is 2. The van der Waals surface area contributed by atoms with E-state index in [0.717, 1.165) is 25.3 Å². The van der Waals surface area contributed by atoms with Crippen LogP contribution < -0.4 is 8.92 Å². The molecule has 6 nitrogen and oxygen atoms in total. The number of carbonyl (C=O) groups is 1. The van der Waals surface area contributed by atoms with E-state index in [0.29, 0.717) is 17.9 Å². The molecule has 0 saturated carbocycles. The van der Waals surface area contributed by atoms with Crippen molar-refractivity contribution in [3.8, 4) is 11.5 Å². The van der Waals surface area contributed by atoms with Crippen LogP contribution in [0.5, 0.6) is 11.5 Å². The van der Waals surface area contributed by atoms with Gasteiger partial charge in [-0.25, -0.2) is 4.79 Å². The zero-order chi connectivity index (χ0) is 19.9. The Morgan fingerprint density at radius 3 is 2.30 bits per heavy atom. The number of carboxylic acids is 1. The van der Waals surface area contributed by atoms with Crippen LogP contribution in [-0.4, -0.2) is 26.1 Å². The maximum Gasteiger partial charge on any atom is 0.339 e. The number of carboxylic acid groups (broad SMARTS) is 1. The van der Waals surface area contributed by atoms with E-state index in [1.807, 2.05) is 0 Å². The molecular formula is C20H24O6S. The highest BCUT2D eigenvalue weighted by Crippen LogP contribution is 2.23. The molecule has 0 aromatic heterocycles. The van der Waals surface area contributed by atoms with Crippen LogP contribution in [0.2, 0.25) is 0 Å². The standard InChI is InChI=1S/C20H24O6S/c1-3-4-5-6-13-25-16-8-10-17(11-9-16)26-27(23,24)18-12-7-15(2)19(14-18)20(21)22/h7-12,14H,3-6,13H2,1-2H3,(H,21,22). The fourth-order valence-corrected chi connectivity index (χ4v) is 3.43. The maximum absolute atomic E-state index is 12.4. The predicted octanol–water partition coefficient (Wildman–Crippen LogP) is 4.42. The summed E-state index contributed by atoms with van der Waals surface area (Å²) in [6, 6.07) is 10.2. The van der Waals surface area contributed by atoms with Crippen molar-refractivity contribution in [2.24, 2.45) is 0 Å². The summed E-state index contributed by atoms with van der Waals surface area (Å²) in [5.74, 6) is -0.421. The number of unbranched alkanes of at least 4 members (excludes halogenated alkanes) is 3. The molecule has 0 bridgehead atoms. The third kappa shape index (κ3) is 5.99. The van der Waals surface area contributed by atoms with Crippen LogP contribution >= 0.6 is 0 Å². The number of hydrogen-bond donors (Lipinski definition) is 1. The van der Waals surface area contributed by atoms with E-state index >= 15 is 0 Å². The largest absolute Gasteiger partial charge is 0.494 e. The summed E-state index contributed by atoms with van der Waals surface area (Å²) in [4.78, 5) is 11.0. The van der Waals surface area contributed by atoms with Crippen LogP contribution in [-0.2, 0) is 10.1 Å². The van der Waals surface area contributed by atoms with Crippen molar-refractivity contribution >= 4 is 16.1 Å². The summed E-state index contributed by atoms with van der Waals surface area (Å²) in [7, 11) is -4.13. The van der Waals surface area contributed by atoms with Gasteiger partial charge in [0.1, 0.15) is 16.4 Å². The fraction of sp³-hybridized carbons (Fsp3) is 0.350. The first-order valence-corrected chi connectivity index (χ1v) is 10.3. The summed E-state index contributed by atoms with van der Waals surface area (Å²) in [5, 5.41) is 9.15. The molecule has 0 spiro atoms. The van der Waals surface area contributed by atoms with Gasteiger partial charge in [0.05, 0.1) is 12.2 Å². The molecule has 2 aromatic rings. The molecule has 2 aromatic carbocycles. The van der Waals surface area contributed by atoms with Crippen molar-refractivity contribution in [2.45, 2.75) is 44.4 Å². The van der Waals surface area contributed by atoms with Gasteiger partial charge in [0.25, 0.3) is 0 Å². The zero-order valence-electron chi connectivity index (χ0n) is 15.5. The normalized spacial score (nSPS) is 11.2. The molecule has 27 heavy (non-hydrogen) atoms. The van der Waals surface area contributed by atoms with Crippen molar-refractivity contribution in [3.63, 3.8) is 0 Å². The van der Waals surface area contributed by atoms with Crippen molar-refractivity contribution < 1.29 is 27.2 Å². The monoisotopic (exact) mass is 392 g/mol. The Morgan fingerprint density at radius 1 is 1.00 bits per heavy atom. The third-order valence-electron chi connectivity index (χ3n) is 4.02. The van der Waals surface area contributed by atoms with Crippen molar-refractivity contribution in [1.29, 1.82) is 0 Å². The van der Waals surface area contributed by atoms with E-state index < -0.39 is 16.1 Å². The summed E-state index contributed by atoms with van der Waals surface area (Å²) in [6.07, 6.45) is 4.43. The van der Waals surface area contributed by atoms with E-state index in [9.17, 15) is 13.2 Å². The lowest BCUT2D eigenvalue weighted by Crippen LogP contribution is -2.11. The van der Waals surface area contributed by atoms with Crippen LogP contribution in [0.4, 0.5) is 0 Å². The van der Waals surface area contributed by atoms with Crippen LogP contribution in [0.1, 0.15) is 48.5 Å².